The van der Waals surface area contributed by atoms with Crippen LogP contribution in [0.5, 0.6) is 0 Å². The Morgan fingerprint density at radius 2 is 1.38 bits per heavy atom. The molecule has 0 bridgehead atoms. The standard InChI is InChI=1S/C16H22F4O6/c1-10(2)12(21)24-7-5-6-8-25-13(22)15(17,18)9-16(19,20)14(23)26-11(3)4/h11H,1,5-9H2,2-4H3. The molecule has 0 aromatic rings. The summed E-state index contributed by atoms with van der Waals surface area (Å²) >= 11 is 0. The Bertz CT molecular complexity index is 531. The lowest BCUT2D eigenvalue weighted by molar-refractivity contribution is -0.198. The Kier molecular flexibility index (Phi) is 9.29. The minimum atomic E-state index is -4.56. The number of hydrogen-bond acceptors (Lipinski definition) is 6. The lowest BCUT2D eigenvalue weighted by Crippen LogP contribution is -2.43. The Balaban J connectivity index is 4.32. The molecule has 0 aliphatic carbocycles. The number of halogens is 4. The number of hydrogen-bond donors (Lipinski definition) is 0. The maximum absolute atomic E-state index is 13.5. The fraction of sp³-hybridized carbons (Fsp3) is 0.688. The Morgan fingerprint density at radius 1 is 0.923 bits per heavy atom. The van der Waals surface area contributed by atoms with Gasteiger partial charge >= 0.3 is 29.8 Å². The van der Waals surface area contributed by atoms with Gasteiger partial charge < -0.3 is 14.2 Å². The largest absolute Gasteiger partial charge is 0.462 e. The SMILES string of the molecule is C=C(C)C(=O)OCCCCOC(=O)C(F)(F)CC(F)(F)C(=O)OC(C)C. The number of carbonyl (C=O) groups is 3. The minimum absolute atomic E-state index is 0.0429. The summed E-state index contributed by atoms with van der Waals surface area (Å²) in [6.45, 7) is 6.82. The third kappa shape index (κ3) is 8.82. The lowest BCUT2D eigenvalue weighted by Gasteiger charge is -2.21. The second-order valence-corrected chi connectivity index (χ2v) is 5.80. The Labute approximate surface area is 148 Å². The monoisotopic (exact) mass is 386 g/mol. The fourth-order valence-electron chi connectivity index (χ4n) is 1.49. The van der Waals surface area contributed by atoms with Crippen LogP contribution in [0.4, 0.5) is 17.6 Å². The van der Waals surface area contributed by atoms with E-state index in [-0.39, 0.29) is 25.0 Å². The van der Waals surface area contributed by atoms with E-state index in [4.69, 9.17) is 4.74 Å². The van der Waals surface area contributed by atoms with Crippen LogP contribution in [0.2, 0.25) is 0 Å². The predicted octanol–water partition coefficient (Wildman–Crippen LogP) is 3.04. The molecule has 0 aliphatic rings. The second-order valence-electron chi connectivity index (χ2n) is 5.80. The molecule has 0 aromatic carbocycles. The summed E-state index contributed by atoms with van der Waals surface area (Å²) in [5, 5.41) is 0. The highest BCUT2D eigenvalue weighted by molar-refractivity contribution is 5.86. The van der Waals surface area contributed by atoms with Gasteiger partial charge in [-0.05, 0) is 33.6 Å². The average Bonchev–Trinajstić information content (AvgIpc) is 2.48. The van der Waals surface area contributed by atoms with Gasteiger partial charge in [-0.3, -0.25) is 0 Å². The zero-order chi connectivity index (χ0) is 20.5. The Hall–Kier alpha value is -2.13. The normalized spacial score (nSPS) is 11.8. The van der Waals surface area contributed by atoms with E-state index < -0.39 is 48.9 Å². The molecule has 0 aromatic heterocycles. The smallest absolute Gasteiger partial charge is 0.377 e. The van der Waals surface area contributed by atoms with Gasteiger partial charge in [-0.2, -0.15) is 17.6 Å². The van der Waals surface area contributed by atoms with Crippen molar-refractivity contribution in [2.75, 3.05) is 13.2 Å². The predicted molar refractivity (Wildman–Crippen MR) is 81.7 cm³/mol. The van der Waals surface area contributed by atoms with Gasteiger partial charge in [-0.15, -0.1) is 0 Å². The summed E-state index contributed by atoms with van der Waals surface area (Å²) in [4.78, 5) is 33.4. The summed E-state index contributed by atoms with van der Waals surface area (Å²) in [6, 6.07) is 0. The van der Waals surface area contributed by atoms with Crippen molar-refractivity contribution in [3.63, 3.8) is 0 Å². The van der Waals surface area contributed by atoms with Gasteiger partial charge in [0.25, 0.3) is 0 Å². The summed E-state index contributed by atoms with van der Waals surface area (Å²) in [6.07, 6.45) is -3.00. The van der Waals surface area contributed by atoms with Gasteiger partial charge in [-0.25, -0.2) is 14.4 Å². The molecule has 0 heterocycles. The van der Waals surface area contributed by atoms with Crippen molar-refractivity contribution in [3.05, 3.63) is 12.2 Å². The number of rotatable bonds is 11. The molecule has 0 saturated heterocycles. The van der Waals surface area contributed by atoms with Crippen LogP contribution >= 0.6 is 0 Å². The van der Waals surface area contributed by atoms with Gasteiger partial charge in [0.15, 0.2) is 0 Å². The van der Waals surface area contributed by atoms with E-state index in [0.717, 1.165) is 0 Å². The molecule has 6 nitrogen and oxygen atoms in total. The molecule has 0 aliphatic heterocycles. The van der Waals surface area contributed by atoms with Crippen LogP contribution in [-0.4, -0.2) is 49.1 Å². The van der Waals surface area contributed by atoms with Gasteiger partial charge in [-0.1, -0.05) is 6.58 Å². The number of esters is 3. The van der Waals surface area contributed by atoms with E-state index in [9.17, 15) is 31.9 Å². The first-order chi connectivity index (χ1) is 11.8. The van der Waals surface area contributed by atoms with E-state index in [1.807, 2.05) is 0 Å². The molecule has 0 N–H and O–H groups in total. The summed E-state index contributed by atoms with van der Waals surface area (Å²) < 4.78 is 67.1. The second kappa shape index (κ2) is 10.1. The van der Waals surface area contributed by atoms with Crippen LogP contribution < -0.4 is 0 Å². The van der Waals surface area contributed by atoms with Crippen LogP contribution in [0.3, 0.4) is 0 Å². The highest BCUT2D eigenvalue weighted by atomic mass is 19.3. The van der Waals surface area contributed by atoms with Crippen molar-refractivity contribution in [2.45, 2.75) is 58.0 Å². The third-order valence-corrected chi connectivity index (χ3v) is 2.74. The molecule has 0 spiro atoms. The van der Waals surface area contributed by atoms with E-state index in [1.165, 1.54) is 20.8 Å². The molecular formula is C16H22F4O6. The van der Waals surface area contributed by atoms with Crippen LogP contribution in [0.25, 0.3) is 0 Å². The van der Waals surface area contributed by atoms with Crippen LogP contribution in [0.15, 0.2) is 12.2 Å². The molecular weight excluding hydrogens is 364 g/mol. The van der Waals surface area contributed by atoms with E-state index >= 15 is 0 Å². The van der Waals surface area contributed by atoms with Crippen LogP contribution in [-0.2, 0) is 28.6 Å². The van der Waals surface area contributed by atoms with Crippen molar-refractivity contribution in [2.24, 2.45) is 0 Å². The van der Waals surface area contributed by atoms with Crippen molar-refractivity contribution in [3.8, 4) is 0 Å². The van der Waals surface area contributed by atoms with E-state index in [2.05, 4.69) is 16.1 Å². The van der Waals surface area contributed by atoms with Crippen LogP contribution in [0, 0.1) is 0 Å². The van der Waals surface area contributed by atoms with Gasteiger partial charge in [0.2, 0.25) is 0 Å². The average molecular weight is 386 g/mol. The molecule has 0 rings (SSSR count). The number of alkyl halides is 4. The molecule has 0 amide bonds. The van der Waals surface area contributed by atoms with E-state index in [0.29, 0.717) is 0 Å². The fourth-order valence-corrected chi connectivity index (χ4v) is 1.49. The zero-order valence-electron chi connectivity index (χ0n) is 14.8. The van der Waals surface area contributed by atoms with Crippen molar-refractivity contribution >= 4 is 17.9 Å². The Morgan fingerprint density at radius 3 is 1.85 bits per heavy atom. The molecule has 0 radical (unpaired) electrons. The summed E-state index contributed by atoms with van der Waals surface area (Å²) in [7, 11) is 0. The topological polar surface area (TPSA) is 78.9 Å². The molecule has 26 heavy (non-hydrogen) atoms. The van der Waals surface area contributed by atoms with Crippen molar-refractivity contribution < 1.29 is 46.2 Å². The maximum Gasteiger partial charge on any atom is 0.377 e. The number of unbranched alkanes of at least 4 members (excludes halogenated alkanes) is 1. The first-order valence-electron chi connectivity index (χ1n) is 7.76. The van der Waals surface area contributed by atoms with Crippen LogP contribution in [0.1, 0.15) is 40.0 Å². The molecule has 0 saturated carbocycles. The molecule has 0 fully saturated rings. The molecule has 0 unspecified atom stereocenters. The summed E-state index contributed by atoms with van der Waals surface area (Å²) in [5.74, 6) is -14.0. The first-order valence-corrected chi connectivity index (χ1v) is 7.76. The zero-order valence-corrected chi connectivity index (χ0v) is 14.8. The highest BCUT2D eigenvalue weighted by Gasteiger charge is 2.55. The third-order valence-electron chi connectivity index (χ3n) is 2.74. The van der Waals surface area contributed by atoms with Crippen molar-refractivity contribution in [1.82, 2.24) is 0 Å². The molecule has 150 valence electrons. The number of carbonyl (C=O) groups excluding carboxylic acids is 3. The highest BCUT2D eigenvalue weighted by Crippen LogP contribution is 2.33. The van der Waals surface area contributed by atoms with Gasteiger partial charge in [0.05, 0.1) is 25.7 Å². The lowest BCUT2D eigenvalue weighted by atomic mass is 10.1. The summed E-state index contributed by atoms with van der Waals surface area (Å²) in [5.41, 5.74) is 0.188. The molecule has 0 atom stereocenters. The van der Waals surface area contributed by atoms with Crippen molar-refractivity contribution in [1.29, 1.82) is 0 Å². The molecule has 10 heteroatoms. The first kappa shape index (κ1) is 23.9. The quantitative estimate of drug-likeness (QED) is 0.179. The number of ether oxygens (including phenoxy) is 3. The van der Waals surface area contributed by atoms with Gasteiger partial charge in [0, 0.05) is 5.57 Å². The minimum Gasteiger partial charge on any atom is -0.462 e. The van der Waals surface area contributed by atoms with Gasteiger partial charge in [0.1, 0.15) is 0 Å². The van der Waals surface area contributed by atoms with E-state index in [1.54, 1.807) is 0 Å². The maximum atomic E-state index is 13.5.